The van der Waals surface area contributed by atoms with Crippen molar-refractivity contribution in [2.75, 3.05) is 59.5 Å². The number of unbranched alkanes of at least 4 members (excludes halogenated alkanes) is 10. The second-order valence-electron chi connectivity index (χ2n) is 10.7. The minimum atomic E-state index is 0.0181. The van der Waals surface area contributed by atoms with Crippen LogP contribution in [0.5, 0.6) is 0 Å². The Morgan fingerprint density at radius 2 is 1.35 bits per heavy atom. The van der Waals surface area contributed by atoms with E-state index in [9.17, 15) is 4.79 Å². The summed E-state index contributed by atoms with van der Waals surface area (Å²) in [7, 11) is 2.20. The first-order valence-corrected chi connectivity index (χ1v) is 14.9. The highest BCUT2D eigenvalue weighted by atomic mass is 16.5. The molecule has 0 aromatic heterocycles. The highest BCUT2D eigenvalue weighted by molar-refractivity contribution is 5.69. The summed E-state index contributed by atoms with van der Waals surface area (Å²) in [4.78, 5) is 17.2. The summed E-state index contributed by atoms with van der Waals surface area (Å²) in [6.45, 7) is 13.2. The standard InChI is InChI=1S/C29H59N3O2/c1-4-6-8-10-11-14-18-28(17-13-9-7-5-2)27-34-29(33)19-15-12-16-20-30-21-22-32-25-23-31(3)24-26-32/h28,30H,4-27H2,1-3H3. The predicted octanol–water partition coefficient (Wildman–Crippen LogP) is 6.26. The van der Waals surface area contributed by atoms with Crippen LogP contribution in [0.25, 0.3) is 0 Å². The molecule has 1 saturated heterocycles. The zero-order valence-electron chi connectivity index (χ0n) is 23.3. The Hall–Kier alpha value is -0.650. The highest BCUT2D eigenvalue weighted by Crippen LogP contribution is 2.19. The van der Waals surface area contributed by atoms with Crippen LogP contribution in [0.2, 0.25) is 0 Å². The van der Waals surface area contributed by atoms with Crippen LogP contribution in [0.3, 0.4) is 0 Å². The topological polar surface area (TPSA) is 44.8 Å². The molecule has 1 rings (SSSR count). The maximum Gasteiger partial charge on any atom is 0.305 e. The van der Waals surface area contributed by atoms with Crippen LogP contribution in [0, 0.1) is 5.92 Å². The minimum Gasteiger partial charge on any atom is -0.465 e. The highest BCUT2D eigenvalue weighted by Gasteiger charge is 2.13. The van der Waals surface area contributed by atoms with Gasteiger partial charge in [0, 0.05) is 45.7 Å². The summed E-state index contributed by atoms with van der Waals surface area (Å²) in [5, 5.41) is 3.56. The van der Waals surface area contributed by atoms with E-state index in [1.54, 1.807) is 0 Å². The lowest BCUT2D eigenvalue weighted by molar-refractivity contribution is -0.145. The van der Waals surface area contributed by atoms with Crippen molar-refractivity contribution in [1.29, 1.82) is 0 Å². The number of hydrogen-bond acceptors (Lipinski definition) is 5. The van der Waals surface area contributed by atoms with E-state index in [4.69, 9.17) is 4.74 Å². The second kappa shape index (κ2) is 22.8. The Labute approximate surface area is 212 Å². The molecule has 0 saturated carbocycles. The van der Waals surface area contributed by atoms with Gasteiger partial charge in [0.15, 0.2) is 0 Å². The molecule has 34 heavy (non-hydrogen) atoms. The Morgan fingerprint density at radius 1 is 0.765 bits per heavy atom. The van der Waals surface area contributed by atoms with Crippen LogP contribution < -0.4 is 5.32 Å². The van der Waals surface area contributed by atoms with E-state index >= 15 is 0 Å². The molecule has 1 atom stereocenters. The molecular weight excluding hydrogens is 422 g/mol. The molecule has 1 N–H and O–H groups in total. The van der Waals surface area contributed by atoms with Crippen molar-refractivity contribution in [2.45, 2.75) is 117 Å². The number of nitrogens with zero attached hydrogens (tertiary/aromatic N) is 2. The number of likely N-dealkylation sites (N-methyl/N-ethyl adjacent to an activating group) is 1. The van der Waals surface area contributed by atoms with Crippen LogP contribution in [0.4, 0.5) is 0 Å². The normalized spacial score (nSPS) is 16.1. The van der Waals surface area contributed by atoms with Crippen molar-refractivity contribution in [2.24, 2.45) is 5.92 Å². The van der Waals surface area contributed by atoms with Crippen molar-refractivity contribution in [1.82, 2.24) is 15.1 Å². The van der Waals surface area contributed by atoms with Crippen LogP contribution in [-0.4, -0.2) is 75.2 Å². The third kappa shape index (κ3) is 18.6. The van der Waals surface area contributed by atoms with E-state index in [0.29, 0.717) is 18.9 Å². The summed E-state index contributed by atoms with van der Waals surface area (Å²) in [5.74, 6) is 0.584. The molecule has 1 aliphatic rings. The molecule has 0 radical (unpaired) electrons. The maximum atomic E-state index is 12.3. The number of hydrogen-bond donors (Lipinski definition) is 1. The molecular formula is C29H59N3O2. The molecule has 1 heterocycles. The average Bonchev–Trinajstić information content (AvgIpc) is 2.84. The van der Waals surface area contributed by atoms with Gasteiger partial charge in [0.1, 0.15) is 0 Å². The van der Waals surface area contributed by atoms with E-state index in [1.165, 1.54) is 103 Å². The molecule has 1 fully saturated rings. The fraction of sp³-hybridized carbons (Fsp3) is 0.966. The van der Waals surface area contributed by atoms with Crippen molar-refractivity contribution >= 4 is 5.97 Å². The molecule has 5 nitrogen and oxygen atoms in total. The first-order chi connectivity index (χ1) is 16.7. The lowest BCUT2D eigenvalue weighted by Crippen LogP contribution is -2.46. The fourth-order valence-electron chi connectivity index (χ4n) is 4.80. The number of nitrogens with one attached hydrogen (secondary N) is 1. The first kappa shape index (κ1) is 31.4. The summed E-state index contributed by atoms with van der Waals surface area (Å²) >= 11 is 0. The fourth-order valence-corrected chi connectivity index (χ4v) is 4.80. The number of carbonyl (C=O) groups is 1. The van der Waals surface area contributed by atoms with Gasteiger partial charge < -0.3 is 15.0 Å². The summed E-state index contributed by atoms with van der Waals surface area (Å²) in [6, 6.07) is 0. The number of esters is 1. The van der Waals surface area contributed by atoms with Gasteiger partial charge in [-0.15, -0.1) is 0 Å². The molecule has 0 amide bonds. The van der Waals surface area contributed by atoms with E-state index in [-0.39, 0.29) is 5.97 Å². The van der Waals surface area contributed by atoms with Crippen LogP contribution >= 0.6 is 0 Å². The smallest absolute Gasteiger partial charge is 0.305 e. The quantitative estimate of drug-likeness (QED) is 0.138. The minimum absolute atomic E-state index is 0.0181. The maximum absolute atomic E-state index is 12.3. The van der Waals surface area contributed by atoms with Gasteiger partial charge in [0.05, 0.1) is 6.61 Å². The molecule has 0 spiro atoms. The van der Waals surface area contributed by atoms with Crippen LogP contribution in [0.15, 0.2) is 0 Å². The van der Waals surface area contributed by atoms with Gasteiger partial charge >= 0.3 is 5.97 Å². The SMILES string of the molecule is CCCCCCCCC(CCCCCC)COC(=O)CCCCCNCCN1CCN(C)CC1. The van der Waals surface area contributed by atoms with Gasteiger partial charge in [0.25, 0.3) is 0 Å². The predicted molar refractivity (Wildman–Crippen MR) is 146 cm³/mol. The van der Waals surface area contributed by atoms with Gasteiger partial charge in [-0.05, 0) is 45.2 Å². The number of ether oxygens (including phenoxy) is 1. The molecule has 0 aromatic carbocycles. The molecule has 202 valence electrons. The zero-order chi connectivity index (χ0) is 24.7. The second-order valence-corrected chi connectivity index (χ2v) is 10.7. The van der Waals surface area contributed by atoms with Crippen molar-refractivity contribution in [3.8, 4) is 0 Å². The lowest BCUT2D eigenvalue weighted by atomic mass is 9.95. The number of rotatable bonds is 23. The Morgan fingerprint density at radius 3 is 2.03 bits per heavy atom. The molecule has 1 aliphatic heterocycles. The van der Waals surface area contributed by atoms with Crippen LogP contribution in [0.1, 0.15) is 117 Å². The Bertz CT molecular complexity index is 453. The zero-order valence-corrected chi connectivity index (χ0v) is 23.3. The Balaban J connectivity index is 2.03. The van der Waals surface area contributed by atoms with E-state index < -0.39 is 0 Å². The largest absolute Gasteiger partial charge is 0.465 e. The van der Waals surface area contributed by atoms with Gasteiger partial charge in [-0.2, -0.15) is 0 Å². The number of piperazine rings is 1. The van der Waals surface area contributed by atoms with Gasteiger partial charge in [-0.1, -0.05) is 84.5 Å². The molecule has 0 aromatic rings. The average molecular weight is 482 g/mol. The molecule has 1 unspecified atom stereocenters. The van der Waals surface area contributed by atoms with Gasteiger partial charge in [-0.3, -0.25) is 9.69 Å². The number of carbonyl (C=O) groups excluding carboxylic acids is 1. The van der Waals surface area contributed by atoms with Crippen molar-refractivity contribution in [3.05, 3.63) is 0 Å². The molecule has 0 bridgehead atoms. The van der Waals surface area contributed by atoms with Crippen molar-refractivity contribution in [3.63, 3.8) is 0 Å². The lowest BCUT2D eigenvalue weighted by Gasteiger charge is -2.32. The van der Waals surface area contributed by atoms with Crippen LogP contribution in [-0.2, 0) is 9.53 Å². The summed E-state index contributed by atoms with van der Waals surface area (Å²) in [5.41, 5.74) is 0. The molecule has 0 aliphatic carbocycles. The third-order valence-electron chi connectivity index (χ3n) is 7.35. The van der Waals surface area contributed by atoms with E-state index in [0.717, 1.165) is 38.9 Å². The monoisotopic (exact) mass is 481 g/mol. The Kier molecular flexibility index (Phi) is 21.0. The van der Waals surface area contributed by atoms with E-state index in [2.05, 4.69) is 36.0 Å². The van der Waals surface area contributed by atoms with E-state index in [1.807, 2.05) is 0 Å². The van der Waals surface area contributed by atoms with Crippen molar-refractivity contribution < 1.29 is 9.53 Å². The first-order valence-electron chi connectivity index (χ1n) is 14.9. The summed E-state index contributed by atoms with van der Waals surface area (Å²) < 4.78 is 5.71. The van der Waals surface area contributed by atoms with Gasteiger partial charge in [0.2, 0.25) is 0 Å². The summed E-state index contributed by atoms with van der Waals surface area (Å²) in [6.07, 6.45) is 19.5. The molecule has 5 heteroatoms. The van der Waals surface area contributed by atoms with Gasteiger partial charge in [-0.25, -0.2) is 0 Å². The third-order valence-corrected chi connectivity index (χ3v) is 7.35.